The van der Waals surface area contributed by atoms with E-state index in [-0.39, 0.29) is 0 Å². The second-order valence-corrected chi connectivity index (χ2v) is 5.36. The summed E-state index contributed by atoms with van der Waals surface area (Å²) in [4.78, 5) is 45.8. The summed E-state index contributed by atoms with van der Waals surface area (Å²) >= 11 is 0.857. The van der Waals surface area contributed by atoms with Gasteiger partial charge in [0.1, 0.15) is 6.04 Å². The van der Waals surface area contributed by atoms with Gasteiger partial charge < -0.3 is 10.4 Å². The molecule has 0 fully saturated rings. The Morgan fingerprint density at radius 3 is 2.62 bits per heavy atom. The SMILES string of the molecule is CC(=O)NC(Cn1c(=O)sc2ccccc2c1=O)C(=O)O. The first-order valence-corrected chi connectivity index (χ1v) is 6.84. The van der Waals surface area contributed by atoms with E-state index < -0.39 is 34.9 Å². The topological polar surface area (TPSA) is 105 Å². The molecule has 1 aromatic heterocycles. The van der Waals surface area contributed by atoms with E-state index in [2.05, 4.69) is 5.32 Å². The lowest BCUT2D eigenvalue weighted by molar-refractivity contribution is -0.142. The number of carboxylic acid groups (broad SMARTS) is 1. The fourth-order valence-corrected chi connectivity index (χ4v) is 2.75. The number of hydrogen-bond donors (Lipinski definition) is 2. The first-order chi connectivity index (χ1) is 9.90. The average Bonchev–Trinajstić information content (AvgIpc) is 2.41. The summed E-state index contributed by atoms with van der Waals surface area (Å²) in [5.41, 5.74) is -0.564. The molecule has 0 aliphatic rings. The highest BCUT2D eigenvalue weighted by molar-refractivity contribution is 7.16. The van der Waals surface area contributed by atoms with Crippen molar-refractivity contribution in [3.63, 3.8) is 0 Å². The molecule has 0 radical (unpaired) electrons. The number of benzene rings is 1. The highest BCUT2D eigenvalue weighted by atomic mass is 32.1. The molecule has 0 aliphatic carbocycles. The van der Waals surface area contributed by atoms with E-state index in [0.29, 0.717) is 10.1 Å². The fraction of sp³-hybridized carbons (Fsp3) is 0.231. The van der Waals surface area contributed by atoms with Crippen LogP contribution in [-0.4, -0.2) is 27.6 Å². The number of carbonyl (C=O) groups is 2. The van der Waals surface area contributed by atoms with Crippen molar-refractivity contribution in [2.24, 2.45) is 0 Å². The Labute approximate surface area is 122 Å². The van der Waals surface area contributed by atoms with Crippen LogP contribution in [0.2, 0.25) is 0 Å². The van der Waals surface area contributed by atoms with Gasteiger partial charge in [-0.2, -0.15) is 0 Å². The van der Waals surface area contributed by atoms with E-state index >= 15 is 0 Å². The summed E-state index contributed by atoms with van der Waals surface area (Å²) in [5, 5.41) is 11.6. The molecule has 1 aromatic carbocycles. The van der Waals surface area contributed by atoms with Gasteiger partial charge in [-0.1, -0.05) is 23.5 Å². The third kappa shape index (κ3) is 3.16. The number of fused-ring (bicyclic) bond motifs is 1. The van der Waals surface area contributed by atoms with Gasteiger partial charge in [0.25, 0.3) is 5.56 Å². The van der Waals surface area contributed by atoms with Crippen LogP contribution in [0.15, 0.2) is 33.9 Å². The van der Waals surface area contributed by atoms with E-state index in [1.807, 2.05) is 0 Å². The normalized spacial score (nSPS) is 12.0. The zero-order chi connectivity index (χ0) is 15.6. The first-order valence-electron chi connectivity index (χ1n) is 6.02. The van der Waals surface area contributed by atoms with Crippen LogP contribution in [-0.2, 0) is 16.1 Å². The standard InChI is InChI=1S/C13H12N2O5S/c1-7(16)14-9(12(18)19)6-15-11(17)8-4-2-3-5-10(8)21-13(15)20/h2-5,9H,6H2,1H3,(H,14,16)(H,18,19). The molecule has 1 unspecified atom stereocenters. The third-order valence-corrected chi connectivity index (χ3v) is 3.79. The van der Waals surface area contributed by atoms with Crippen molar-refractivity contribution in [3.05, 3.63) is 44.3 Å². The predicted molar refractivity (Wildman–Crippen MR) is 77.6 cm³/mol. The number of aliphatic carboxylic acids is 1. The number of amides is 1. The van der Waals surface area contributed by atoms with Gasteiger partial charge in [-0.25, -0.2) is 4.79 Å². The smallest absolute Gasteiger partial charge is 0.328 e. The maximum atomic E-state index is 12.3. The van der Waals surface area contributed by atoms with Crippen LogP contribution >= 0.6 is 11.3 Å². The lowest BCUT2D eigenvalue weighted by Crippen LogP contribution is -2.47. The summed E-state index contributed by atoms with van der Waals surface area (Å²) < 4.78 is 1.37. The van der Waals surface area contributed by atoms with Crippen LogP contribution in [0.25, 0.3) is 10.1 Å². The second-order valence-electron chi connectivity index (χ2n) is 4.37. The van der Waals surface area contributed by atoms with Crippen LogP contribution in [0, 0.1) is 0 Å². The van der Waals surface area contributed by atoms with Gasteiger partial charge in [0.05, 0.1) is 11.9 Å². The predicted octanol–water partition coefficient (Wildman–Crippen LogP) is 0.0125. The summed E-state index contributed by atoms with van der Waals surface area (Å²) in [6.45, 7) is 0.758. The Balaban J connectivity index is 2.51. The van der Waals surface area contributed by atoms with E-state index in [0.717, 1.165) is 15.9 Å². The molecule has 110 valence electrons. The van der Waals surface area contributed by atoms with Crippen molar-refractivity contribution >= 4 is 33.3 Å². The summed E-state index contributed by atoms with van der Waals surface area (Å²) in [6, 6.07) is 5.25. The van der Waals surface area contributed by atoms with Gasteiger partial charge in [0.15, 0.2) is 0 Å². The molecule has 2 N–H and O–H groups in total. The minimum absolute atomic E-state index is 0.342. The molecule has 0 aliphatic heterocycles. The van der Waals surface area contributed by atoms with Crippen LogP contribution < -0.4 is 15.7 Å². The Bertz CT molecular complexity index is 823. The molecule has 2 rings (SSSR count). The summed E-state index contributed by atoms with van der Waals surface area (Å²) in [6.07, 6.45) is 0. The molecule has 0 spiro atoms. The van der Waals surface area contributed by atoms with Crippen molar-refractivity contribution in [2.45, 2.75) is 19.5 Å². The molecule has 1 amide bonds. The number of carboxylic acids is 1. The van der Waals surface area contributed by atoms with Gasteiger partial charge in [-0.3, -0.25) is 19.0 Å². The highest BCUT2D eigenvalue weighted by Gasteiger charge is 2.21. The van der Waals surface area contributed by atoms with E-state index in [1.54, 1.807) is 24.3 Å². The number of hydrogen-bond acceptors (Lipinski definition) is 5. The van der Waals surface area contributed by atoms with E-state index in [1.165, 1.54) is 6.92 Å². The molecule has 0 saturated carbocycles. The Hall–Kier alpha value is -2.48. The molecule has 0 saturated heterocycles. The second kappa shape index (κ2) is 5.88. The van der Waals surface area contributed by atoms with Gasteiger partial charge in [0, 0.05) is 11.6 Å². The van der Waals surface area contributed by atoms with Crippen LogP contribution in [0.3, 0.4) is 0 Å². The monoisotopic (exact) mass is 308 g/mol. The lowest BCUT2D eigenvalue weighted by atomic mass is 10.2. The van der Waals surface area contributed by atoms with Gasteiger partial charge in [-0.15, -0.1) is 0 Å². The van der Waals surface area contributed by atoms with E-state index in [9.17, 15) is 19.2 Å². The minimum atomic E-state index is -1.33. The third-order valence-electron chi connectivity index (χ3n) is 2.82. The number of aromatic nitrogens is 1. The van der Waals surface area contributed by atoms with Crippen molar-refractivity contribution in [2.75, 3.05) is 0 Å². The Kier molecular flexibility index (Phi) is 4.18. The molecule has 7 nitrogen and oxygen atoms in total. The molecular formula is C13H12N2O5S. The van der Waals surface area contributed by atoms with Crippen LogP contribution in [0.1, 0.15) is 6.92 Å². The maximum Gasteiger partial charge on any atom is 0.328 e. The Morgan fingerprint density at radius 2 is 2.00 bits per heavy atom. The average molecular weight is 308 g/mol. The molecule has 2 aromatic rings. The Morgan fingerprint density at radius 1 is 1.33 bits per heavy atom. The zero-order valence-corrected chi connectivity index (χ0v) is 11.8. The largest absolute Gasteiger partial charge is 0.480 e. The number of rotatable bonds is 4. The lowest BCUT2D eigenvalue weighted by Gasteiger charge is -2.14. The molecule has 0 bridgehead atoms. The maximum absolute atomic E-state index is 12.3. The fourth-order valence-electron chi connectivity index (χ4n) is 1.88. The number of nitrogens with zero attached hydrogens (tertiary/aromatic N) is 1. The van der Waals surface area contributed by atoms with Gasteiger partial charge >= 0.3 is 10.8 Å². The van der Waals surface area contributed by atoms with E-state index in [4.69, 9.17) is 5.11 Å². The van der Waals surface area contributed by atoms with Crippen molar-refractivity contribution in [1.82, 2.24) is 9.88 Å². The molecule has 1 atom stereocenters. The molecule has 1 heterocycles. The van der Waals surface area contributed by atoms with Crippen molar-refractivity contribution < 1.29 is 14.7 Å². The quantitative estimate of drug-likeness (QED) is 0.828. The highest BCUT2D eigenvalue weighted by Crippen LogP contribution is 2.10. The van der Waals surface area contributed by atoms with Crippen LogP contribution in [0.4, 0.5) is 0 Å². The molecule has 21 heavy (non-hydrogen) atoms. The molecular weight excluding hydrogens is 296 g/mol. The van der Waals surface area contributed by atoms with Crippen molar-refractivity contribution in [1.29, 1.82) is 0 Å². The number of carbonyl (C=O) groups excluding carboxylic acids is 1. The first kappa shape index (κ1) is 14.9. The summed E-state index contributed by atoms with van der Waals surface area (Å²) in [7, 11) is 0. The zero-order valence-electron chi connectivity index (χ0n) is 11.0. The van der Waals surface area contributed by atoms with Gasteiger partial charge in [-0.05, 0) is 12.1 Å². The van der Waals surface area contributed by atoms with Crippen molar-refractivity contribution in [3.8, 4) is 0 Å². The minimum Gasteiger partial charge on any atom is -0.480 e. The molecule has 8 heteroatoms. The summed E-state index contributed by atoms with van der Waals surface area (Å²) in [5.74, 6) is -1.86. The number of nitrogens with one attached hydrogen (secondary N) is 1. The van der Waals surface area contributed by atoms with Gasteiger partial charge in [0.2, 0.25) is 5.91 Å². The van der Waals surface area contributed by atoms with Crippen LogP contribution in [0.5, 0.6) is 0 Å².